The standard InChI is InChI=1S/C11H8N2O/c1-3-10-12-13-11(14-10)9-6-4-8(2)5-7-9/h1,4-7H,2H3. The van der Waals surface area contributed by atoms with Gasteiger partial charge in [0.15, 0.2) is 0 Å². The minimum atomic E-state index is 0.209. The molecule has 1 aromatic heterocycles. The summed E-state index contributed by atoms with van der Waals surface area (Å²) in [5.74, 6) is 2.95. The van der Waals surface area contributed by atoms with E-state index in [2.05, 4.69) is 16.1 Å². The smallest absolute Gasteiger partial charge is 0.293 e. The van der Waals surface area contributed by atoms with Crippen molar-refractivity contribution in [3.8, 4) is 23.8 Å². The van der Waals surface area contributed by atoms with E-state index in [1.54, 1.807) is 0 Å². The van der Waals surface area contributed by atoms with E-state index >= 15 is 0 Å². The average Bonchev–Trinajstić information content (AvgIpc) is 2.67. The summed E-state index contributed by atoms with van der Waals surface area (Å²) in [6, 6.07) is 7.80. The highest BCUT2D eigenvalue weighted by Gasteiger charge is 2.05. The van der Waals surface area contributed by atoms with Crippen molar-refractivity contribution in [3.63, 3.8) is 0 Å². The summed E-state index contributed by atoms with van der Waals surface area (Å²) in [6.07, 6.45) is 5.12. The molecule has 0 N–H and O–H groups in total. The molecule has 1 heterocycles. The summed E-state index contributed by atoms with van der Waals surface area (Å²) < 4.78 is 5.20. The normalized spacial score (nSPS) is 9.71. The fourth-order valence-electron chi connectivity index (χ4n) is 1.09. The maximum atomic E-state index is 5.20. The molecule has 0 spiro atoms. The molecule has 0 amide bonds. The van der Waals surface area contributed by atoms with Crippen LogP contribution in [0.1, 0.15) is 11.5 Å². The molecule has 0 atom stereocenters. The third-order valence-electron chi connectivity index (χ3n) is 1.85. The maximum Gasteiger partial charge on any atom is 0.293 e. The van der Waals surface area contributed by atoms with E-state index in [0.29, 0.717) is 5.89 Å². The molecule has 2 aromatic rings. The highest BCUT2D eigenvalue weighted by atomic mass is 16.4. The lowest BCUT2D eigenvalue weighted by Crippen LogP contribution is -1.77. The Kier molecular flexibility index (Phi) is 2.04. The largest absolute Gasteiger partial charge is 0.410 e. The SMILES string of the molecule is C#Cc1nnc(-c2ccc(C)cc2)o1. The molecule has 3 nitrogen and oxygen atoms in total. The molecule has 3 heteroatoms. The van der Waals surface area contributed by atoms with Gasteiger partial charge >= 0.3 is 0 Å². The van der Waals surface area contributed by atoms with Crippen LogP contribution >= 0.6 is 0 Å². The topological polar surface area (TPSA) is 38.9 Å². The first kappa shape index (κ1) is 8.52. The van der Waals surface area contributed by atoms with Gasteiger partial charge in [0.25, 0.3) is 5.89 Å². The van der Waals surface area contributed by atoms with Crippen LogP contribution in [-0.2, 0) is 0 Å². The molecule has 0 radical (unpaired) electrons. The van der Waals surface area contributed by atoms with Crippen molar-refractivity contribution >= 4 is 0 Å². The zero-order valence-corrected chi connectivity index (χ0v) is 7.69. The zero-order valence-electron chi connectivity index (χ0n) is 7.69. The quantitative estimate of drug-likeness (QED) is 0.636. The average molecular weight is 184 g/mol. The van der Waals surface area contributed by atoms with E-state index in [1.807, 2.05) is 31.2 Å². The van der Waals surface area contributed by atoms with Crippen molar-refractivity contribution in [2.24, 2.45) is 0 Å². The third kappa shape index (κ3) is 1.50. The number of benzene rings is 1. The van der Waals surface area contributed by atoms with Crippen LogP contribution in [-0.4, -0.2) is 10.2 Å². The van der Waals surface area contributed by atoms with Gasteiger partial charge in [0.2, 0.25) is 5.89 Å². The van der Waals surface area contributed by atoms with Crippen molar-refractivity contribution in [3.05, 3.63) is 35.7 Å². The molecule has 0 unspecified atom stereocenters. The van der Waals surface area contributed by atoms with Gasteiger partial charge in [-0.1, -0.05) is 22.8 Å². The van der Waals surface area contributed by atoms with E-state index in [-0.39, 0.29) is 5.89 Å². The molecule has 0 bridgehead atoms. The Hall–Kier alpha value is -2.08. The van der Waals surface area contributed by atoms with Crippen LogP contribution in [0.3, 0.4) is 0 Å². The van der Waals surface area contributed by atoms with Crippen LogP contribution in [0.15, 0.2) is 28.7 Å². The van der Waals surface area contributed by atoms with Gasteiger partial charge in [-0.05, 0) is 25.0 Å². The molecular formula is C11H8N2O. The molecule has 0 saturated heterocycles. The molecule has 0 saturated carbocycles. The lowest BCUT2D eigenvalue weighted by atomic mass is 10.1. The fraction of sp³-hybridized carbons (Fsp3) is 0.0909. The predicted molar refractivity (Wildman–Crippen MR) is 52.4 cm³/mol. The molecule has 68 valence electrons. The van der Waals surface area contributed by atoms with E-state index in [9.17, 15) is 0 Å². The number of rotatable bonds is 1. The second-order valence-electron chi connectivity index (χ2n) is 2.92. The zero-order chi connectivity index (χ0) is 9.97. The maximum absolute atomic E-state index is 5.20. The minimum absolute atomic E-state index is 0.209. The monoisotopic (exact) mass is 184 g/mol. The van der Waals surface area contributed by atoms with Crippen LogP contribution in [0.2, 0.25) is 0 Å². The second-order valence-corrected chi connectivity index (χ2v) is 2.92. The summed E-state index contributed by atoms with van der Waals surface area (Å²) >= 11 is 0. The first-order chi connectivity index (χ1) is 6.79. The molecule has 0 aliphatic rings. The molecule has 0 fully saturated rings. The number of aryl methyl sites for hydroxylation is 1. The molecular weight excluding hydrogens is 176 g/mol. The van der Waals surface area contributed by atoms with Gasteiger partial charge in [0.1, 0.15) is 0 Å². The molecule has 1 aromatic carbocycles. The Morgan fingerprint density at radius 3 is 2.50 bits per heavy atom. The summed E-state index contributed by atoms with van der Waals surface area (Å²) in [7, 11) is 0. The number of hydrogen-bond acceptors (Lipinski definition) is 3. The highest BCUT2D eigenvalue weighted by molar-refractivity contribution is 5.53. The van der Waals surface area contributed by atoms with E-state index in [1.165, 1.54) is 5.56 Å². The van der Waals surface area contributed by atoms with Crippen LogP contribution in [0.4, 0.5) is 0 Å². The van der Waals surface area contributed by atoms with Crippen molar-refractivity contribution in [1.82, 2.24) is 10.2 Å². The Morgan fingerprint density at radius 1 is 1.21 bits per heavy atom. The minimum Gasteiger partial charge on any atom is -0.410 e. The first-order valence-electron chi connectivity index (χ1n) is 4.17. The molecule has 14 heavy (non-hydrogen) atoms. The summed E-state index contributed by atoms with van der Waals surface area (Å²) in [5.41, 5.74) is 2.06. The van der Waals surface area contributed by atoms with Crippen molar-refractivity contribution < 1.29 is 4.42 Å². The summed E-state index contributed by atoms with van der Waals surface area (Å²) in [4.78, 5) is 0. The van der Waals surface area contributed by atoms with E-state index in [0.717, 1.165) is 5.56 Å². The van der Waals surface area contributed by atoms with E-state index < -0.39 is 0 Å². The first-order valence-corrected chi connectivity index (χ1v) is 4.17. The van der Waals surface area contributed by atoms with Gasteiger partial charge in [0.05, 0.1) is 0 Å². The Morgan fingerprint density at radius 2 is 1.93 bits per heavy atom. The van der Waals surface area contributed by atoms with Gasteiger partial charge in [0, 0.05) is 5.56 Å². The van der Waals surface area contributed by atoms with Crippen LogP contribution in [0.25, 0.3) is 11.5 Å². The lowest BCUT2D eigenvalue weighted by Gasteiger charge is -1.94. The number of nitrogens with zero attached hydrogens (tertiary/aromatic N) is 2. The Balaban J connectivity index is 2.40. The van der Waals surface area contributed by atoms with Gasteiger partial charge in [-0.15, -0.1) is 11.5 Å². The van der Waals surface area contributed by atoms with Gasteiger partial charge < -0.3 is 4.42 Å². The fourth-order valence-corrected chi connectivity index (χ4v) is 1.09. The Labute approximate surface area is 81.8 Å². The van der Waals surface area contributed by atoms with Crippen molar-refractivity contribution in [1.29, 1.82) is 0 Å². The molecule has 2 rings (SSSR count). The van der Waals surface area contributed by atoms with E-state index in [4.69, 9.17) is 10.8 Å². The molecule has 0 aliphatic carbocycles. The second kappa shape index (κ2) is 3.35. The lowest BCUT2D eigenvalue weighted by molar-refractivity contribution is 0.555. The number of aromatic nitrogens is 2. The van der Waals surface area contributed by atoms with Crippen LogP contribution in [0, 0.1) is 19.3 Å². The van der Waals surface area contributed by atoms with Crippen molar-refractivity contribution in [2.75, 3.05) is 0 Å². The third-order valence-corrected chi connectivity index (χ3v) is 1.85. The highest BCUT2D eigenvalue weighted by Crippen LogP contribution is 2.17. The summed E-state index contributed by atoms with van der Waals surface area (Å²) in [5, 5.41) is 7.51. The van der Waals surface area contributed by atoms with Gasteiger partial charge in [-0.2, -0.15) is 0 Å². The number of hydrogen-bond donors (Lipinski definition) is 0. The van der Waals surface area contributed by atoms with Crippen LogP contribution in [0.5, 0.6) is 0 Å². The predicted octanol–water partition coefficient (Wildman–Crippen LogP) is 2.03. The van der Waals surface area contributed by atoms with Gasteiger partial charge in [-0.25, -0.2) is 0 Å². The summed E-state index contributed by atoms with van der Waals surface area (Å²) in [6.45, 7) is 2.02. The number of terminal acetylenes is 1. The van der Waals surface area contributed by atoms with Crippen molar-refractivity contribution in [2.45, 2.75) is 6.92 Å². The molecule has 0 aliphatic heterocycles. The van der Waals surface area contributed by atoms with Crippen LogP contribution < -0.4 is 0 Å². The van der Waals surface area contributed by atoms with Gasteiger partial charge in [-0.3, -0.25) is 0 Å². The Bertz CT molecular complexity index is 477.